The summed E-state index contributed by atoms with van der Waals surface area (Å²) in [7, 11) is -6.29. The first-order valence-electron chi connectivity index (χ1n) is 16.8. The molecule has 0 radical (unpaired) electrons. The van der Waals surface area contributed by atoms with Crippen LogP contribution in [0.4, 0.5) is 0 Å². The van der Waals surface area contributed by atoms with Gasteiger partial charge in [-0.25, -0.2) is 0 Å². The summed E-state index contributed by atoms with van der Waals surface area (Å²) in [6.45, 7) is 30.5. The molecule has 6 heteroatoms. The second kappa shape index (κ2) is 16.3. The van der Waals surface area contributed by atoms with Gasteiger partial charge in [-0.3, -0.25) is 0 Å². The highest BCUT2D eigenvalue weighted by molar-refractivity contribution is 6.99. The van der Waals surface area contributed by atoms with Crippen molar-refractivity contribution < 1.29 is 13.3 Å². The first kappa shape index (κ1) is 37.9. The molecule has 0 aliphatic carbocycles. The fourth-order valence-corrected chi connectivity index (χ4v) is 15.0. The van der Waals surface area contributed by atoms with E-state index in [1.54, 1.807) is 0 Å². The zero-order valence-electron chi connectivity index (χ0n) is 29.6. The van der Waals surface area contributed by atoms with Gasteiger partial charge >= 0.3 is 0 Å². The Morgan fingerprint density at radius 2 is 1.14 bits per heavy atom. The average Bonchev–Trinajstić information content (AvgIpc) is 2.96. The fraction of sp³-hybridized carbons (Fsp3) is 0.622. The van der Waals surface area contributed by atoms with Gasteiger partial charge < -0.3 is 13.3 Å². The Hall–Kier alpha value is -1.29. The molecule has 0 aromatic heterocycles. The van der Waals surface area contributed by atoms with Crippen molar-refractivity contribution in [3.05, 3.63) is 73.3 Å². The molecule has 0 N–H and O–H groups in total. The molecule has 2 unspecified atom stereocenters. The van der Waals surface area contributed by atoms with E-state index in [-0.39, 0.29) is 22.3 Å². The van der Waals surface area contributed by atoms with Crippen LogP contribution in [0.2, 0.25) is 41.3 Å². The molecule has 2 aromatic rings. The Morgan fingerprint density at radius 3 is 1.53 bits per heavy atom. The number of rotatable bonds is 18. The highest BCUT2D eigenvalue weighted by Crippen LogP contribution is 2.40. The molecular weight excluding hydrogens is 577 g/mol. The monoisotopic (exact) mass is 640 g/mol. The molecule has 0 saturated carbocycles. The molecular formula is C37H64O3Si3. The third kappa shape index (κ3) is 9.85. The molecule has 0 aliphatic heterocycles. The molecule has 2 rings (SSSR count). The third-order valence-corrected chi connectivity index (χ3v) is 24.3. The molecule has 0 bridgehead atoms. The summed E-state index contributed by atoms with van der Waals surface area (Å²) in [5.74, 6) is 0. The van der Waals surface area contributed by atoms with E-state index in [0.717, 1.165) is 25.7 Å². The molecule has 0 heterocycles. The molecule has 0 amide bonds. The maximum Gasteiger partial charge on any atom is 0.261 e. The lowest BCUT2D eigenvalue weighted by Gasteiger charge is -2.44. The van der Waals surface area contributed by atoms with E-state index in [4.69, 9.17) is 13.3 Å². The van der Waals surface area contributed by atoms with Crippen molar-refractivity contribution in [2.45, 2.75) is 142 Å². The quantitative estimate of drug-likeness (QED) is 0.120. The van der Waals surface area contributed by atoms with Crippen LogP contribution >= 0.6 is 0 Å². The van der Waals surface area contributed by atoms with Gasteiger partial charge in [-0.1, -0.05) is 129 Å². The highest BCUT2D eigenvalue weighted by Gasteiger charge is 2.50. The van der Waals surface area contributed by atoms with Crippen LogP contribution in [0.15, 0.2) is 73.3 Å². The summed E-state index contributed by atoms with van der Waals surface area (Å²) < 4.78 is 21.5. The van der Waals surface area contributed by atoms with Crippen LogP contribution in [0.5, 0.6) is 0 Å². The largest absolute Gasteiger partial charge is 0.414 e. The third-order valence-electron chi connectivity index (χ3n) is 10.0. The van der Waals surface area contributed by atoms with Crippen LogP contribution in [0.1, 0.15) is 88.0 Å². The van der Waals surface area contributed by atoms with Gasteiger partial charge in [0.05, 0.1) is 0 Å². The van der Waals surface area contributed by atoms with E-state index in [1.807, 2.05) is 6.08 Å². The van der Waals surface area contributed by atoms with Gasteiger partial charge in [-0.2, -0.15) is 0 Å². The first-order chi connectivity index (χ1) is 20.1. The summed E-state index contributed by atoms with van der Waals surface area (Å²) in [6.07, 6.45) is 6.16. The maximum absolute atomic E-state index is 7.32. The van der Waals surface area contributed by atoms with E-state index in [2.05, 4.69) is 143 Å². The van der Waals surface area contributed by atoms with Crippen LogP contribution in [0, 0.1) is 0 Å². The molecule has 43 heavy (non-hydrogen) atoms. The number of hydrogen-bond acceptors (Lipinski definition) is 3. The smallest absolute Gasteiger partial charge is 0.261 e. The minimum absolute atomic E-state index is 0.0389. The van der Waals surface area contributed by atoms with Crippen molar-refractivity contribution in [3.63, 3.8) is 0 Å². The first-order valence-corrected chi connectivity index (χ1v) is 24.2. The Balaban J connectivity index is 2.39. The minimum atomic E-state index is -2.59. The predicted molar refractivity (Wildman–Crippen MR) is 196 cm³/mol. The normalized spacial score (nSPS) is 14.9. The zero-order valence-corrected chi connectivity index (χ0v) is 32.6. The summed E-state index contributed by atoms with van der Waals surface area (Å²) in [5, 5.41) is 2.77. The van der Waals surface area contributed by atoms with E-state index < -0.39 is 25.0 Å². The van der Waals surface area contributed by atoms with Crippen LogP contribution in [0.25, 0.3) is 0 Å². The Kier molecular flexibility index (Phi) is 14.4. The van der Waals surface area contributed by atoms with Crippen LogP contribution in [-0.4, -0.2) is 43.8 Å². The lowest BCUT2D eigenvalue weighted by atomic mass is 10.1. The SMILES string of the molecule is C=CCC(CCC(CCO[Si](c1ccccc1)(c1ccccc1)C(C)(C)C)O[Si](C)(C)C(C)(C)C)O[Si](CC)(CC)CC. The summed E-state index contributed by atoms with van der Waals surface area (Å²) in [4.78, 5) is 0. The van der Waals surface area contributed by atoms with E-state index in [9.17, 15) is 0 Å². The second-order valence-electron chi connectivity index (χ2n) is 14.9. The number of benzene rings is 2. The lowest BCUT2D eigenvalue weighted by molar-refractivity contribution is 0.107. The molecule has 2 aromatic carbocycles. The Morgan fingerprint density at radius 1 is 0.674 bits per heavy atom. The van der Waals surface area contributed by atoms with Gasteiger partial charge in [0.2, 0.25) is 0 Å². The molecule has 3 nitrogen and oxygen atoms in total. The molecule has 0 aliphatic rings. The number of hydrogen-bond donors (Lipinski definition) is 0. The maximum atomic E-state index is 7.32. The Bertz CT molecular complexity index is 1020. The summed E-state index contributed by atoms with van der Waals surface area (Å²) in [6, 6.07) is 25.4. The molecule has 242 valence electrons. The molecule has 0 spiro atoms. The van der Waals surface area contributed by atoms with Gasteiger partial charge in [0, 0.05) is 18.8 Å². The van der Waals surface area contributed by atoms with E-state index >= 15 is 0 Å². The van der Waals surface area contributed by atoms with Crippen molar-refractivity contribution in [2.24, 2.45) is 0 Å². The van der Waals surface area contributed by atoms with Crippen LogP contribution < -0.4 is 10.4 Å². The standard InChI is InChI=1S/C37H64O3Si3/c1-13-23-32(40-42(14-2,15-3)16-4)28-29-33(39-41(11,12)36(5,6)7)30-31-38-43(37(8,9)10,34-24-19-17-20-25-34)35-26-21-18-22-27-35/h13,17-22,24-27,32-33H,1,14-16,23,28-31H2,2-12H3. The van der Waals surface area contributed by atoms with Crippen LogP contribution in [0.3, 0.4) is 0 Å². The van der Waals surface area contributed by atoms with Crippen LogP contribution in [-0.2, 0) is 13.3 Å². The minimum Gasteiger partial charge on any atom is -0.414 e. The molecule has 0 fully saturated rings. The highest BCUT2D eigenvalue weighted by atomic mass is 28.4. The zero-order chi connectivity index (χ0) is 32.4. The van der Waals surface area contributed by atoms with Crippen molar-refractivity contribution >= 4 is 35.3 Å². The lowest BCUT2D eigenvalue weighted by Crippen LogP contribution is -2.66. The van der Waals surface area contributed by atoms with Gasteiger partial charge in [-0.15, -0.1) is 6.58 Å². The van der Waals surface area contributed by atoms with Gasteiger partial charge in [0.25, 0.3) is 8.32 Å². The molecule has 2 atom stereocenters. The summed E-state index contributed by atoms with van der Waals surface area (Å²) in [5.41, 5.74) is 0. The summed E-state index contributed by atoms with van der Waals surface area (Å²) >= 11 is 0. The van der Waals surface area contributed by atoms with Gasteiger partial charge in [0.15, 0.2) is 16.6 Å². The molecule has 0 saturated heterocycles. The van der Waals surface area contributed by atoms with Gasteiger partial charge in [0.1, 0.15) is 0 Å². The van der Waals surface area contributed by atoms with Crippen molar-refractivity contribution in [1.82, 2.24) is 0 Å². The van der Waals surface area contributed by atoms with E-state index in [1.165, 1.54) is 28.5 Å². The average molecular weight is 641 g/mol. The van der Waals surface area contributed by atoms with Gasteiger partial charge in [-0.05, 0) is 77.4 Å². The topological polar surface area (TPSA) is 27.7 Å². The predicted octanol–water partition coefficient (Wildman–Crippen LogP) is 10.1. The van der Waals surface area contributed by atoms with Crippen molar-refractivity contribution in [1.29, 1.82) is 0 Å². The fourth-order valence-electron chi connectivity index (χ4n) is 6.10. The van der Waals surface area contributed by atoms with Crippen molar-refractivity contribution in [3.8, 4) is 0 Å². The second-order valence-corrected chi connectivity index (χ2v) is 28.7. The van der Waals surface area contributed by atoms with E-state index in [0.29, 0.717) is 6.61 Å². The Labute approximate surface area is 269 Å². The van der Waals surface area contributed by atoms with Crippen molar-refractivity contribution in [2.75, 3.05) is 6.61 Å².